The molecule has 1 aromatic carbocycles. The molecule has 0 aliphatic heterocycles. The lowest BCUT2D eigenvalue weighted by Gasteiger charge is -2.55. The highest BCUT2D eigenvalue weighted by Crippen LogP contribution is 2.58. The van der Waals surface area contributed by atoms with Crippen LogP contribution in [0.5, 0.6) is 0 Å². The second kappa shape index (κ2) is 5.63. The van der Waals surface area contributed by atoms with Crippen molar-refractivity contribution in [2.75, 3.05) is 0 Å². The van der Waals surface area contributed by atoms with Gasteiger partial charge >= 0.3 is 0 Å². The van der Waals surface area contributed by atoms with Crippen molar-refractivity contribution in [2.45, 2.75) is 57.9 Å². The molecule has 1 aliphatic carbocycles. The van der Waals surface area contributed by atoms with Crippen molar-refractivity contribution >= 4 is 23.2 Å². The van der Waals surface area contributed by atoms with Crippen LogP contribution in [-0.4, -0.2) is 0 Å². The molecule has 2 N–H and O–H groups in total. The van der Waals surface area contributed by atoms with Crippen molar-refractivity contribution in [1.29, 1.82) is 0 Å². The maximum atomic E-state index is 6.58. The van der Waals surface area contributed by atoms with E-state index in [9.17, 15) is 0 Å². The van der Waals surface area contributed by atoms with Crippen LogP contribution in [0.2, 0.25) is 10.0 Å². The third kappa shape index (κ3) is 2.94. The standard InChI is InChI=1S/C16H23Cl2N/c1-3-7-15(8-4-2)10-16(19,11-15)13-6-5-12(17)9-14(13)18/h5-6,9H,3-4,7-8,10-11,19H2,1-2H3. The van der Waals surface area contributed by atoms with Crippen LogP contribution in [0.15, 0.2) is 18.2 Å². The monoisotopic (exact) mass is 299 g/mol. The number of rotatable bonds is 5. The molecule has 1 aromatic rings. The Balaban J connectivity index is 2.18. The van der Waals surface area contributed by atoms with Gasteiger partial charge in [0.15, 0.2) is 0 Å². The molecular formula is C16H23Cl2N. The molecule has 0 radical (unpaired) electrons. The minimum atomic E-state index is -0.258. The van der Waals surface area contributed by atoms with Gasteiger partial charge in [-0.25, -0.2) is 0 Å². The molecule has 1 nitrogen and oxygen atoms in total. The molecular weight excluding hydrogens is 277 g/mol. The van der Waals surface area contributed by atoms with E-state index in [1.807, 2.05) is 12.1 Å². The van der Waals surface area contributed by atoms with Gasteiger partial charge in [-0.05, 0) is 48.8 Å². The quantitative estimate of drug-likeness (QED) is 0.760. The van der Waals surface area contributed by atoms with Crippen LogP contribution in [0.25, 0.3) is 0 Å². The lowest BCUT2D eigenvalue weighted by atomic mass is 9.52. The van der Waals surface area contributed by atoms with Crippen molar-refractivity contribution in [2.24, 2.45) is 11.1 Å². The summed E-state index contributed by atoms with van der Waals surface area (Å²) in [5.41, 5.74) is 7.81. The van der Waals surface area contributed by atoms with Crippen LogP contribution in [-0.2, 0) is 5.54 Å². The van der Waals surface area contributed by atoms with Crippen LogP contribution in [0.1, 0.15) is 57.9 Å². The van der Waals surface area contributed by atoms with E-state index in [0.717, 1.165) is 18.4 Å². The van der Waals surface area contributed by atoms with Crippen LogP contribution in [0.3, 0.4) is 0 Å². The Kier molecular flexibility index (Phi) is 4.49. The summed E-state index contributed by atoms with van der Waals surface area (Å²) in [5, 5.41) is 1.38. The van der Waals surface area contributed by atoms with Gasteiger partial charge in [-0.1, -0.05) is 56.0 Å². The van der Waals surface area contributed by atoms with Crippen molar-refractivity contribution < 1.29 is 0 Å². The summed E-state index contributed by atoms with van der Waals surface area (Å²) < 4.78 is 0. The summed E-state index contributed by atoms with van der Waals surface area (Å²) in [4.78, 5) is 0. The molecule has 2 rings (SSSR count). The molecule has 3 heteroatoms. The average Bonchev–Trinajstić information content (AvgIpc) is 2.27. The summed E-state index contributed by atoms with van der Waals surface area (Å²) >= 11 is 12.3. The van der Waals surface area contributed by atoms with Gasteiger partial charge in [-0.2, -0.15) is 0 Å². The second-order valence-electron chi connectivity index (χ2n) is 6.13. The molecule has 1 saturated carbocycles. The van der Waals surface area contributed by atoms with E-state index in [1.165, 1.54) is 25.7 Å². The summed E-state index contributed by atoms with van der Waals surface area (Å²) in [6.07, 6.45) is 7.08. The largest absolute Gasteiger partial charge is 0.321 e. The van der Waals surface area contributed by atoms with E-state index in [-0.39, 0.29) is 5.54 Å². The molecule has 1 aliphatic rings. The number of nitrogens with two attached hydrogens (primary N) is 1. The lowest BCUT2D eigenvalue weighted by molar-refractivity contribution is 0.00629. The molecule has 0 atom stereocenters. The average molecular weight is 300 g/mol. The molecule has 19 heavy (non-hydrogen) atoms. The highest BCUT2D eigenvalue weighted by Gasteiger charge is 2.52. The SMILES string of the molecule is CCCC1(CCC)CC(N)(c2ccc(Cl)cc2Cl)C1. The van der Waals surface area contributed by atoms with Gasteiger partial charge in [0.05, 0.1) is 0 Å². The highest BCUT2D eigenvalue weighted by atomic mass is 35.5. The zero-order valence-electron chi connectivity index (χ0n) is 11.8. The van der Waals surface area contributed by atoms with Gasteiger partial charge in [0.25, 0.3) is 0 Å². The van der Waals surface area contributed by atoms with E-state index in [0.29, 0.717) is 15.5 Å². The fraction of sp³-hybridized carbons (Fsp3) is 0.625. The van der Waals surface area contributed by atoms with Crippen molar-refractivity contribution in [1.82, 2.24) is 0 Å². The third-order valence-corrected chi connectivity index (χ3v) is 4.96. The van der Waals surface area contributed by atoms with Gasteiger partial charge in [-0.3, -0.25) is 0 Å². The molecule has 0 heterocycles. The number of halogens is 2. The predicted molar refractivity (Wildman–Crippen MR) is 83.8 cm³/mol. The first-order valence-electron chi connectivity index (χ1n) is 7.19. The molecule has 106 valence electrons. The molecule has 0 spiro atoms. The van der Waals surface area contributed by atoms with Gasteiger partial charge in [-0.15, -0.1) is 0 Å². The first-order valence-corrected chi connectivity index (χ1v) is 7.95. The van der Waals surface area contributed by atoms with E-state index in [2.05, 4.69) is 13.8 Å². The fourth-order valence-electron chi connectivity index (χ4n) is 3.91. The summed E-state index contributed by atoms with van der Waals surface area (Å²) in [6.45, 7) is 4.51. The van der Waals surface area contributed by atoms with Crippen molar-refractivity contribution in [3.8, 4) is 0 Å². The van der Waals surface area contributed by atoms with Crippen LogP contribution < -0.4 is 5.73 Å². The minimum Gasteiger partial charge on any atom is -0.321 e. The Labute approximate surface area is 126 Å². The second-order valence-corrected chi connectivity index (χ2v) is 6.98. The molecule has 0 unspecified atom stereocenters. The molecule has 0 bridgehead atoms. The number of benzene rings is 1. The van der Waals surface area contributed by atoms with Crippen molar-refractivity contribution in [3.05, 3.63) is 33.8 Å². The van der Waals surface area contributed by atoms with Gasteiger partial charge < -0.3 is 5.73 Å². The van der Waals surface area contributed by atoms with Crippen LogP contribution in [0, 0.1) is 5.41 Å². The first kappa shape index (κ1) is 15.2. The van der Waals surface area contributed by atoms with Gasteiger partial charge in [0.2, 0.25) is 0 Å². The van der Waals surface area contributed by atoms with Crippen molar-refractivity contribution in [3.63, 3.8) is 0 Å². The maximum Gasteiger partial charge on any atom is 0.0471 e. The summed E-state index contributed by atoms with van der Waals surface area (Å²) in [7, 11) is 0. The Morgan fingerprint density at radius 3 is 2.16 bits per heavy atom. The topological polar surface area (TPSA) is 26.0 Å². The minimum absolute atomic E-state index is 0.258. The molecule has 0 saturated heterocycles. The van der Waals surface area contributed by atoms with E-state index in [4.69, 9.17) is 28.9 Å². The summed E-state index contributed by atoms with van der Waals surface area (Å²) in [5.74, 6) is 0. The number of hydrogen-bond donors (Lipinski definition) is 1. The van der Waals surface area contributed by atoms with E-state index >= 15 is 0 Å². The maximum absolute atomic E-state index is 6.58. The Bertz CT molecular complexity index is 442. The first-order chi connectivity index (χ1) is 8.95. The molecule has 1 fully saturated rings. The van der Waals surface area contributed by atoms with E-state index < -0.39 is 0 Å². The highest BCUT2D eigenvalue weighted by molar-refractivity contribution is 6.35. The Morgan fingerprint density at radius 1 is 1.11 bits per heavy atom. The van der Waals surface area contributed by atoms with Crippen LogP contribution >= 0.6 is 23.2 Å². The lowest BCUT2D eigenvalue weighted by Crippen LogP contribution is -2.55. The molecule has 0 aromatic heterocycles. The molecule has 0 amide bonds. The third-order valence-electron chi connectivity index (χ3n) is 4.41. The Hall–Kier alpha value is -0.240. The zero-order chi connectivity index (χ0) is 14.1. The smallest absolute Gasteiger partial charge is 0.0471 e. The normalized spacial score (nSPS) is 20.1. The Morgan fingerprint density at radius 2 is 1.68 bits per heavy atom. The van der Waals surface area contributed by atoms with Gasteiger partial charge in [0, 0.05) is 15.6 Å². The summed E-state index contributed by atoms with van der Waals surface area (Å²) in [6, 6.07) is 5.68. The van der Waals surface area contributed by atoms with Crippen LogP contribution in [0.4, 0.5) is 0 Å². The fourth-order valence-corrected chi connectivity index (χ4v) is 4.51. The predicted octanol–water partition coefficient (Wildman–Crippen LogP) is 5.53. The van der Waals surface area contributed by atoms with E-state index in [1.54, 1.807) is 6.07 Å². The van der Waals surface area contributed by atoms with Gasteiger partial charge in [0.1, 0.15) is 0 Å². The zero-order valence-corrected chi connectivity index (χ0v) is 13.3. The number of hydrogen-bond acceptors (Lipinski definition) is 1.